The Morgan fingerprint density at radius 3 is 2.68 bits per heavy atom. The van der Waals surface area contributed by atoms with Gasteiger partial charge in [0.2, 0.25) is 0 Å². The van der Waals surface area contributed by atoms with Gasteiger partial charge in [0.05, 0.1) is 11.7 Å². The van der Waals surface area contributed by atoms with Crippen LogP contribution in [0.3, 0.4) is 0 Å². The molecule has 124 valence electrons. The molecule has 0 radical (unpaired) electrons. The molecule has 1 aliphatic rings. The molecule has 0 spiro atoms. The van der Waals surface area contributed by atoms with Gasteiger partial charge in [0, 0.05) is 24.9 Å². The molecule has 2 rings (SSSR count). The van der Waals surface area contributed by atoms with Crippen LogP contribution >= 0.6 is 0 Å². The number of carbonyl (C=O) groups is 1. The first-order valence-electron chi connectivity index (χ1n) is 7.28. The van der Waals surface area contributed by atoms with Crippen LogP contribution in [-0.2, 0) is 10.9 Å². The molecule has 0 saturated carbocycles. The Bertz CT molecular complexity index is 546. The zero-order valence-corrected chi connectivity index (χ0v) is 12.8. The first-order valence-corrected chi connectivity index (χ1v) is 7.28. The summed E-state index contributed by atoms with van der Waals surface area (Å²) in [6.07, 6.45) is -3.09. The second-order valence-corrected chi connectivity index (χ2v) is 5.69. The van der Waals surface area contributed by atoms with Crippen LogP contribution < -0.4 is 5.32 Å². The Labute approximate surface area is 126 Å². The van der Waals surface area contributed by atoms with E-state index in [2.05, 4.69) is 10.4 Å². The van der Waals surface area contributed by atoms with Gasteiger partial charge in [-0.3, -0.25) is 9.48 Å². The number of amides is 1. The average molecular weight is 319 g/mol. The summed E-state index contributed by atoms with van der Waals surface area (Å²) in [5, 5.41) is 6.11. The number of aromatic nitrogens is 2. The highest BCUT2D eigenvalue weighted by molar-refractivity contribution is 5.96. The van der Waals surface area contributed by atoms with Gasteiger partial charge in [0.1, 0.15) is 0 Å². The smallest absolute Gasteiger partial charge is 0.376 e. The highest BCUT2D eigenvalue weighted by Crippen LogP contribution is 2.33. The van der Waals surface area contributed by atoms with Crippen molar-refractivity contribution < 1.29 is 22.7 Å². The van der Waals surface area contributed by atoms with E-state index in [1.807, 2.05) is 0 Å². The Hall–Kier alpha value is -1.57. The third-order valence-corrected chi connectivity index (χ3v) is 3.65. The molecular weight excluding hydrogens is 299 g/mol. The van der Waals surface area contributed by atoms with Crippen LogP contribution in [0.1, 0.15) is 54.5 Å². The Kier molecular flexibility index (Phi) is 4.79. The van der Waals surface area contributed by atoms with Gasteiger partial charge in [0.25, 0.3) is 5.91 Å². The predicted octanol–water partition coefficient (Wildman–Crippen LogP) is 2.70. The summed E-state index contributed by atoms with van der Waals surface area (Å²) >= 11 is 0. The number of nitrogens with zero attached hydrogens (tertiary/aromatic N) is 2. The van der Waals surface area contributed by atoms with E-state index in [-0.39, 0.29) is 24.4 Å². The molecule has 1 amide bonds. The van der Waals surface area contributed by atoms with Gasteiger partial charge in [-0.2, -0.15) is 18.3 Å². The Morgan fingerprint density at radius 1 is 1.50 bits per heavy atom. The standard InChI is InChI=1S/C14H20F3N3O2/c1-8(2)20-9(3)11(12(19-20)14(15,16)17)13(21)18-7-10-5-4-6-22-10/h8,10H,4-7H2,1-3H3,(H,18,21). The fourth-order valence-corrected chi connectivity index (χ4v) is 2.59. The van der Waals surface area contributed by atoms with Crippen LogP contribution in [0.2, 0.25) is 0 Å². The summed E-state index contributed by atoms with van der Waals surface area (Å²) in [5.74, 6) is -0.757. The molecule has 1 atom stereocenters. The number of ether oxygens (including phenoxy) is 1. The van der Waals surface area contributed by atoms with Gasteiger partial charge in [-0.05, 0) is 33.6 Å². The highest BCUT2D eigenvalue weighted by Gasteiger charge is 2.41. The summed E-state index contributed by atoms with van der Waals surface area (Å²) in [4.78, 5) is 12.2. The summed E-state index contributed by atoms with van der Waals surface area (Å²) in [6, 6.07) is -0.263. The summed E-state index contributed by atoms with van der Waals surface area (Å²) in [6.45, 7) is 5.74. The minimum atomic E-state index is -4.67. The van der Waals surface area contributed by atoms with E-state index in [0.29, 0.717) is 6.61 Å². The van der Waals surface area contributed by atoms with Crippen molar-refractivity contribution >= 4 is 5.91 Å². The molecule has 0 bridgehead atoms. The molecular formula is C14H20F3N3O2. The zero-order chi connectivity index (χ0) is 16.5. The second kappa shape index (κ2) is 6.28. The monoisotopic (exact) mass is 319 g/mol. The molecule has 5 nitrogen and oxygen atoms in total. The van der Waals surface area contributed by atoms with E-state index in [1.165, 1.54) is 11.6 Å². The number of hydrogen-bond donors (Lipinski definition) is 1. The summed E-state index contributed by atoms with van der Waals surface area (Å²) in [7, 11) is 0. The van der Waals surface area contributed by atoms with E-state index in [1.54, 1.807) is 13.8 Å². The SMILES string of the molecule is Cc1c(C(=O)NCC2CCCO2)c(C(F)(F)F)nn1C(C)C. The van der Waals surface area contributed by atoms with E-state index in [0.717, 1.165) is 12.8 Å². The van der Waals surface area contributed by atoms with Crippen LogP contribution in [0.4, 0.5) is 13.2 Å². The number of rotatable bonds is 4. The minimum absolute atomic E-state index is 0.126. The van der Waals surface area contributed by atoms with Crippen molar-refractivity contribution in [2.75, 3.05) is 13.2 Å². The maximum absolute atomic E-state index is 13.1. The molecule has 1 aromatic rings. The van der Waals surface area contributed by atoms with Crippen molar-refractivity contribution in [3.63, 3.8) is 0 Å². The number of halogens is 3. The lowest BCUT2D eigenvalue weighted by Crippen LogP contribution is -2.33. The van der Waals surface area contributed by atoms with Crippen LogP contribution in [0.5, 0.6) is 0 Å². The topological polar surface area (TPSA) is 56.1 Å². The lowest BCUT2D eigenvalue weighted by molar-refractivity contribution is -0.141. The van der Waals surface area contributed by atoms with Crippen molar-refractivity contribution in [3.8, 4) is 0 Å². The molecule has 2 heterocycles. The van der Waals surface area contributed by atoms with Gasteiger partial charge in [-0.15, -0.1) is 0 Å². The van der Waals surface area contributed by atoms with Crippen LogP contribution in [0.15, 0.2) is 0 Å². The van der Waals surface area contributed by atoms with Crippen molar-refractivity contribution in [2.45, 2.75) is 51.9 Å². The zero-order valence-electron chi connectivity index (χ0n) is 12.8. The largest absolute Gasteiger partial charge is 0.435 e. The number of nitrogens with one attached hydrogen (secondary N) is 1. The quantitative estimate of drug-likeness (QED) is 0.928. The van der Waals surface area contributed by atoms with Crippen LogP contribution in [0, 0.1) is 6.92 Å². The normalized spacial score (nSPS) is 19.0. The fraction of sp³-hybridized carbons (Fsp3) is 0.714. The predicted molar refractivity (Wildman–Crippen MR) is 73.7 cm³/mol. The van der Waals surface area contributed by atoms with Crippen molar-refractivity contribution in [2.24, 2.45) is 0 Å². The van der Waals surface area contributed by atoms with E-state index >= 15 is 0 Å². The van der Waals surface area contributed by atoms with E-state index < -0.39 is 23.3 Å². The molecule has 1 aromatic heterocycles. The summed E-state index contributed by atoms with van der Waals surface area (Å²) in [5.41, 5.74) is -1.32. The third kappa shape index (κ3) is 3.43. The molecule has 1 unspecified atom stereocenters. The highest BCUT2D eigenvalue weighted by atomic mass is 19.4. The third-order valence-electron chi connectivity index (χ3n) is 3.65. The number of hydrogen-bond acceptors (Lipinski definition) is 3. The number of alkyl halides is 3. The molecule has 8 heteroatoms. The fourth-order valence-electron chi connectivity index (χ4n) is 2.59. The van der Waals surface area contributed by atoms with Gasteiger partial charge in [0.15, 0.2) is 5.69 Å². The molecule has 1 saturated heterocycles. The van der Waals surface area contributed by atoms with E-state index in [9.17, 15) is 18.0 Å². The Balaban J connectivity index is 2.25. The van der Waals surface area contributed by atoms with Crippen LogP contribution in [0.25, 0.3) is 0 Å². The second-order valence-electron chi connectivity index (χ2n) is 5.69. The maximum Gasteiger partial charge on any atom is 0.435 e. The summed E-state index contributed by atoms with van der Waals surface area (Å²) < 4.78 is 46.0. The lowest BCUT2D eigenvalue weighted by atomic mass is 10.1. The van der Waals surface area contributed by atoms with Crippen molar-refractivity contribution in [1.29, 1.82) is 0 Å². The molecule has 0 aromatic carbocycles. The molecule has 1 aliphatic heterocycles. The Morgan fingerprint density at radius 2 is 2.18 bits per heavy atom. The van der Waals surface area contributed by atoms with Gasteiger partial charge < -0.3 is 10.1 Å². The average Bonchev–Trinajstić information content (AvgIpc) is 3.02. The number of carbonyl (C=O) groups excluding carboxylic acids is 1. The maximum atomic E-state index is 13.1. The van der Waals surface area contributed by atoms with E-state index in [4.69, 9.17) is 4.74 Å². The van der Waals surface area contributed by atoms with Gasteiger partial charge >= 0.3 is 6.18 Å². The van der Waals surface area contributed by atoms with Gasteiger partial charge in [-0.1, -0.05) is 0 Å². The van der Waals surface area contributed by atoms with Crippen molar-refractivity contribution in [3.05, 3.63) is 17.0 Å². The first kappa shape index (κ1) is 16.8. The minimum Gasteiger partial charge on any atom is -0.376 e. The van der Waals surface area contributed by atoms with Crippen LogP contribution in [-0.4, -0.2) is 34.9 Å². The van der Waals surface area contributed by atoms with Gasteiger partial charge in [-0.25, -0.2) is 0 Å². The molecule has 1 N–H and O–H groups in total. The van der Waals surface area contributed by atoms with Crippen molar-refractivity contribution in [1.82, 2.24) is 15.1 Å². The lowest BCUT2D eigenvalue weighted by Gasteiger charge is -2.12. The molecule has 1 fully saturated rings. The molecule has 22 heavy (non-hydrogen) atoms. The molecule has 0 aliphatic carbocycles. The first-order chi connectivity index (χ1) is 10.2.